The lowest BCUT2D eigenvalue weighted by atomic mass is 10.2. The lowest BCUT2D eigenvalue weighted by molar-refractivity contribution is 0.0590. The Hall–Kier alpha value is -1.86. The summed E-state index contributed by atoms with van der Waals surface area (Å²) in [6.07, 6.45) is 2.01. The van der Waals surface area contributed by atoms with Crippen molar-refractivity contribution < 1.29 is 19.0 Å². The molecule has 1 heterocycles. The molecule has 0 unspecified atom stereocenters. The zero-order valence-electron chi connectivity index (χ0n) is 14.3. The molecule has 2 aromatic rings. The van der Waals surface area contributed by atoms with Crippen molar-refractivity contribution in [3.05, 3.63) is 23.9 Å². The summed E-state index contributed by atoms with van der Waals surface area (Å²) >= 11 is 1.72. The van der Waals surface area contributed by atoms with E-state index >= 15 is 0 Å². The van der Waals surface area contributed by atoms with Crippen LogP contribution in [0.4, 0.5) is 0 Å². The molecule has 0 aliphatic carbocycles. The van der Waals surface area contributed by atoms with Crippen LogP contribution in [0.5, 0.6) is 11.5 Å². The van der Waals surface area contributed by atoms with Gasteiger partial charge < -0.3 is 24.5 Å². The minimum atomic E-state index is -0.388. The number of ether oxygens (including phenoxy) is 3. The first-order chi connectivity index (χ1) is 11.6. The predicted molar refractivity (Wildman–Crippen MR) is 97.1 cm³/mol. The smallest absolute Gasteiger partial charge is 0.354 e. The number of carbonyl (C=O) groups is 1. The maximum Gasteiger partial charge on any atom is 0.354 e. The van der Waals surface area contributed by atoms with Gasteiger partial charge in [-0.25, -0.2) is 4.79 Å². The van der Waals surface area contributed by atoms with E-state index in [1.807, 2.05) is 19.2 Å². The van der Waals surface area contributed by atoms with E-state index in [9.17, 15) is 4.79 Å². The molecular weight excluding hydrogens is 328 g/mol. The Bertz CT molecular complexity index is 699. The Labute approximate surface area is 146 Å². The van der Waals surface area contributed by atoms with Gasteiger partial charge in [0.1, 0.15) is 17.2 Å². The van der Waals surface area contributed by atoms with Crippen molar-refractivity contribution in [2.24, 2.45) is 12.8 Å². The van der Waals surface area contributed by atoms with Crippen molar-refractivity contribution in [1.29, 1.82) is 0 Å². The van der Waals surface area contributed by atoms with Gasteiger partial charge in [-0.15, -0.1) is 11.8 Å². The molecule has 24 heavy (non-hydrogen) atoms. The third kappa shape index (κ3) is 3.96. The summed E-state index contributed by atoms with van der Waals surface area (Å²) in [5, 5.41) is 0.841. The summed E-state index contributed by atoms with van der Waals surface area (Å²) in [5.41, 5.74) is 6.73. The number of nitrogens with zero attached hydrogens (tertiary/aromatic N) is 1. The largest absolute Gasteiger partial charge is 0.495 e. The van der Waals surface area contributed by atoms with Gasteiger partial charge in [-0.2, -0.15) is 0 Å². The maximum atomic E-state index is 11.9. The Morgan fingerprint density at radius 1 is 1.25 bits per heavy atom. The Balaban J connectivity index is 2.23. The van der Waals surface area contributed by atoms with Gasteiger partial charge in [0.05, 0.1) is 26.3 Å². The van der Waals surface area contributed by atoms with Crippen LogP contribution in [0.3, 0.4) is 0 Å². The Morgan fingerprint density at radius 3 is 2.67 bits per heavy atom. The molecule has 0 atom stereocenters. The van der Waals surface area contributed by atoms with Gasteiger partial charge in [0.15, 0.2) is 0 Å². The van der Waals surface area contributed by atoms with Crippen molar-refractivity contribution in [3.8, 4) is 11.5 Å². The fourth-order valence-electron chi connectivity index (χ4n) is 2.57. The van der Waals surface area contributed by atoms with Gasteiger partial charge in [-0.1, -0.05) is 0 Å². The second-order valence-electron chi connectivity index (χ2n) is 5.24. The van der Waals surface area contributed by atoms with Gasteiger partial charge in [0.25, 0.3) is 0 Å². The first-order valence-corrected chi connectivity index (χ1v) is 8.94. The number of methoxy groups -OCH3 is 2. The summed E-state index contributed by atoms with van der Waals surface area (Å²) in [6.45, 7) is 0.620. The molecule has 2 rings (SSSR count). The molecule has 0 radical (unpaired) electrons. The summed E-state index contributed by atoms with van der Waals surface area (Å²) in [5.74, 6) is 2.73. The van der Waals surface area contributed by atoms with Crippen molar-refractivity contribution in [2.45, 2.75) is 12.8 Å². The number of esters is 1. The van der Waals surface area contributed by atoms with Gasteiger partial charge >= 0.3 is 5.97 Å². The number of carbonyl (C=O) groups excluding carboxylic acids is 1. The number of rotatable bonds is 9. The number of hydrogen-bond acceptors (Lipinski definition) is 6. The highest BCUT2D eigenvalue weighted by molar-refractivity contribution is 7.99. The Kier molecular flexibility index (Phi) is 6.81. The number of unbranched alkanes of at least 4 members (excludes halogenated alkanes) is 1. The SMILES string of the molecule is COC(=O)c1cc2c(OCCCCSCN)ccc(OC)c2n1C. The van der Waals surface area contributed by atoms with E-state index in [0.29, 0.717) is 23.9 Å². The summed E-state index contributed by atoms with van der Waals surface area (Å²) < 4.78 is 17.9. The molecular formula is C17H24N2O4S. The number of benzene rings is 1. The van der Waals surface area contributed by atoms with E-state index in [1.54, 1.807) is 29.5 Å². The molecule has 0 amide bonds. The molecule has 0 bridgehead atoms. The summed E-state index contributed by atoms with van der Waals surface area (Å²) in [6, 6.07) is 5.50. The predicted octanol–water partition coefficient (Wildman–Crippen LogP) is 2.78. The molecule has 6 nitrogen and oxygen atoms in total. The number of aromatic nitrogens is 1. The lowest BCUT2D eigenvalue weighted by Crippen LogP contribution is -2.07. The molecule has 0 spiro atoms. The highest BCUT2D eigenvalue weighted by Gasteiger charge is 2.19. The van der Waals surface area contributed by atoms with E-state index in [2.05, 4.69) is 0 Å². The molecule has 0 aliphatic heterocycles. The second kappa shape index (κ2) is 8.84. The molecule has 132 valence electrons. The average molecular weight is 352 g/mol. The van der Waals surface area contributed by atoms with Crippen LogP contribution in [-0.2, 0) is 11.8 Å². The van der Waals surface area contributed by atoms with E-state index in [-0.39, 0.29) is 5.97 Å². The normalized spacial score (nSPS) is 10.8. The zero-order valence-corrected chi connectivity index (χ0v) is 15.1. The van der Waals surface area contributed by atoms with Crippen LogP contribution in [0.1, 0.15) is 23.3 Å². The molecule has 0 aliphatic rings. The quantitative estimate of drug-likeness (QED) is 0.425. The van der Waals surface area contributed by atoms with E-state index in [4.69, 9.17) is 19.9 Å². The Morgan fingerprint density at radius 2 is 2.00 bits per heavy atom. The zero-order chi connectivity index (χ0) is 17.5. The van der Waals surface area contributed by atoms with Gasteiger partial charge in [-0.3, -0.25) is 0 Å². The van der Waals surface area contributed by atoms with Crippen LogP contribution in [-0.4, -0.2) is 43.0 Å². The van der Waals surface area contributed by atoms with Crippen molar-refractivity contribution in [2.75, 3.05) is 32.5 Å². The molecule has 2 N–H and O–H groups in total. The standard InChI is InChI=1S/C17H24N2O4S/c1-19-13(17(20)22-3)10-12-14(6-7-15(21-2)16(12)19)23-8-4-5-9-24-11-18/h6-7,10H,4-5,8-9,11,18H2,1-3H3. The average Bonchev–Trinajstić information content (AvgIpc) is 2.95. The number of nitrogens with two attached hydrogens (primary N) is 1. The summed E-state index contributed by atoms with van der Waals surface area (Å²) in [4.78, 5) is 11.9. The van der Waals surface area contributed by atoms with Crippen molar-refractivity contribution >= 4 is 28.6 Å². The van der Waals surface area contributed by atoms with Gasteiger partial charge in [0.2, 0.25) is 0 Å². The second-order valence-corrected chi connectivity index (χ2v) is 6.39. The van der Waals surface area contributed by atoms with Crippen molar-refractivity contribution in [1.82, 2.24) is 4.57 Å². The fraction of sp³-hybridized carbons (Fsp3) is 0.471. The highest BCUT2D eigenvalue weighted by Crippen LogP contribution is 2.35. The van der Waals surface area contributed by atoms with Crippen LogP contribution < -0.4 is 15.2 Å². The third-order valence-corrected chi connectivity index (χ3v) is 4.60. The monoisotopic (exact) mass is 352 g/mol. The van der Waals surface area contributed by atoms with Gasteiger partial charge in [-0.05, 0) is 36.8 Å². The molecule has 7 heteroatoms. The molecule has 0 saturated heterocycles. The number of fused-ring (bicyclic) bond motifs is 1. The molecule has 0 fully saturated rings. The molecule has 0 saturated carbocycles. The van der Waals surface area contributed by atoms with Crippen molar-refractivity contribution in [3.63, 3.8) is 0 Å². The first kappa shape index (κ1) is 18.5. The third-order valence-electron chi connectivity index (χ3n) is 3.79. The molecule has 1 aromatic carbocycles. The van der Waals surface area contributed by atoms with E-state index in [1.165, 1.54) is 7.11 Å². The van der Waals surface area contributed by atoms with Gasteiger partial charge in [0, 0.05) is 18.3 Å². The fourth-order valence-corrected chi connectivity index (χ4v) is 3.15. The molecule has 1 aromatic heterocycles. The highest BCUT2D eigenvalue weighted by atomic mass is 32.2. The lowest BCUT2D eigenvalue weighted by Gasteiger charge is -2.11. The topological polar surface area (TPSA) is 75.7 Å². The minimum Gasteiger partial charge on any atom is -0.495 e. The van der Waals surface area contributed by atoms with Crippen LogP contribution in [0.25, 0.3) is 10.9 Å². The van der Waals surface area contributed by atoms with Crippen LogP contribution >= 0.6 is 11.8 Å². The number of hydrogen-bond donors (Lipinski definition) is 1. The first-order valence-electron chi connectivity index (χ1n) is 7.79. The maximum absolute atomic E-state index is 11.9. The van der Waals surface area contributed by atoms with E-state index < -0.39 is 0 Å². The van der Waals surface area contributed by atoms with E-state index in [0.717, 1.165) is 35.2 Å². The van der Waals surface area contributed by atoms with Crippen LogP contribution in [0, 0.1) is 0 Å². The number of thioether (sulfide) groups is 1. The van der Waals surface area contributed by atoms with Crippen LogP contribution in [0.15, 0.2) is 18.2 Å². The summed E-state index contributed by atoms with van der Waals surface area (Å²) in [7, 11) is 4.79. The minimum absolute atomic E-state index is 0.388. The number of aryl methyl sites for hydroxylation is 1. The van der Waals surface area contributed by atoms with Crippen LogP contribution in [0.2, 0.25) is 0 Å².